The first-order valence-electron chi connectivity index (χ1n) is 5.33. The predicted molar refractivity (Wildman–Crippen MR) is 71.1 cm³/mol. The number of para-hydroxylation sites is 1. The van der Waals surface area contributed by atoms with Gasteiger partial charge in [0, 0.05) is 22.5 Å². The molecule has 0 unspecified atom stereocenters. The number of nitrogens with one attached hydrogen (secondary N) is 1. The fourth-order valence-corrected chi connectivity index (χ4v) is 1.95. The van der Waals surface area contributed by atoms with E-state index in [1.165, 1.54) is 0 Å². The quantitative estimate of drug-likeness (QED) is 0.733. The van der Waals surface area contributed by atoms with Gasteiger partial charge in [0.05, 0.1) is 0 Å². The number of rotatable bonds is 1. The van der Waals surface area contributed by atoms with Crippen LogP contribution >= 0.6 is 0 Å². The maximum atomic E-state index is 4.16. The third kappa shape index (κ3) is 1.61. The molecule has 1 aliphatic rings. The zero-order valence-electron chi connectivity index (χ0n) is 9.46. The van der Waals surface area contributed by atoms with E-state index in [1.54, 1.807) is 6.08 Å². The van der Waals surface area contributed by atoms with E-state index in [-0.39, 0.29) is 0 Å². The van der Waals surface area contributed by atoms with Crippen LogP contribution in [0.15, 0.2) is 66.9 Å². The summed E-state index contributed by atoms with van der Waals surface area (Å²) in [6.45, 7) is 9.91. The molecule has 0 fully saturated rings. The molecule has 1 N–H and O–H groups in total. The third-order valence-electron chi connectivity index (χ3n) is 2.71. The smallest absolute Gasteiger partial charge is 0.0464 e. The number of hydrogen-bond acceptors (Lipinski definition) is 1. The Bertz CT molecular complexity index is 504. The summed E-state index contributed by atoms with van der Waals surface area (Å²) in [5.41, 5.74) is 5.52. The highest BCUT2D eigenvalue weighted by atomic mass is 14.9. The Hall–Kier alpha value is -2.02. The van der Waals surface area contributed by atoms with Crippen molar-refractivity contribution < 1.29 is 0 Å². The van der Waals surface area contributed by atoms with E-state index in [0.717, 1.165) is 28.1 Å². The lowest BCUT2D eigenvalue weighted by Crippen LogP contribution is -2.11. The van der Waals surface area contributed by atoms with E-state index in [2.05, 4.69) is 36.7 Å². The average Bonchev–Trinajstić information content (AvgIpc) is 2.30. The van der Waals surface area contributed by atoms with Crippen LogP contribution < -0.4 is 5.32 Å². The Labute approximate surface area is 96.5 Å². The SMILES string of the molecule is C=C/C=C1/Nc2ccccc2C(=C)/C1=C/C. The van der Waals surface area contributed by atoms with Crippen molar-refractivity contribution in [3.63, 3.8) is 0 Å². The normalized spacial score (nSPS) is 19.4. The van der Waals surface area contributed by atoms with Crippen LogP contribution in [0, 0.1) is 0 Å². The molecule has 0 saturated carbocycles. The van der Waals surface area contributed by atoms with E-state index in [0.29, 0.717) is 0 Å². The van der Waals surface area contributed by atoms with Gasteiger partial charge in [0.2, 0.25) is 0 Å². The van der Waals surface area contributed by atoms with Crippen molar-refractivity contribution in [2.75, 3.05) is 5.32 Å². The minimum Gasteiger partial charge on any atom is -0.355 e. The molecule has 0 radical (unpaired) electrons. The van der Waals surface area contributed by atoms with Gasteiger partial charge in [0.1, 0.15) is 0 Å². The number of benzene rings is 1. The molecule has 1 heteroatoms. The van der Waals surface area contributed by atoms with Crippen LogP contribution in [0.5, 0.6) is 0 Å². The zero-order valence-corrected chi connectivity index (χ0v) is 9.46. The van der Waals surface area contributed by atoms with Crippen LogP contribution in [0.3, 0.4) is 0 Å². The lowest BCUT2D eigenvalue weighted by atomic mass is 9.91. The van der Waals surface area contributed by atoms with Crippen LogP contribution in [0.2, 0.25) is 0 Å². The molecule has 0 bridgehead atoms. The van der Waals surface area contributed by atoms with Crippen molar-refractivity contribution in [1.82, 2.24) is 0 Å². The Morgan fingerprint density at radius 1 is 1.25 bits per heavy atom. The van der Waals surface area contributed by atoms with Crippen molar-refractivity contribution in [2.24, 2.45) is 0 Å². The first kappa shape index (κ1) is 10.5. The summed E-state index contributed by atoms with van der Waals surface area (Å²) >= 11 is 0. The largest absolute Gasteiger partial charge is 0.355 e. The lowest BCUT2D eigenvalue weighted by molar-refractivity contribution is 1.34. The minimum absolute atomic E-state index is 1.06. The van der Waals surface area contributed by atoms with E-state index < -0.39 is 0 Å². The molecule has 0 saturated heterocycles. The van der Waals surface area contributed by atoms with Gasteiger partial charge in [0.15, 0.2) is 0 Å². The second-order valence-corrected chi connectivity index (χ2v) is 3.67. The van der Waals surface area contributed by atoms with Gasteiger partial charge in [-0.2, -0.15) is 0 Å². The lowest BCUT2D eigenvalue weighted by Gasteiger charge is -2.25. The standard InChI is InChI=1S/C15H15N/c1-4-8-14-12(5-2)11(3)13-9-6-7-10-15(13)16-14/h4-10,16H,1,3H2,2H3/b12-5-,14-8+. The Kier molecular flexibility index (Phi) is 2.78. The van der Waals surface area contributed by atoms with E-state index in [4.69, 9.17) is 0 Å². The number of allylic oxidation sites excluding steroid dienone is 4. The molecule has 1 nitrogen and oxygen atoms in total. The summed E-state index contributed by atoms with van der Waals surface area (Å²) in [7, 11) is 0. The summed E-state index contributed by atoms with van der Waals surface area (Å²) in [4.78, 5) is 0. The maximum Gasteiger partial charge on any atom is 0.0464 e. The van der Waals surface area contributed by atoms with Gasteiger partial charge in [-0.15, -0.1) is 0 Å². The van der Waals surface area contributed by atoms with Crippen molar-refractivity contribution in [3.05, 3.63) is 72.5 Å². The highest BCUT2D eigenvalue weighted by Gasteiger charge is 2.18. The van der Waals surface area contributed by atoms with E-state index in [9.17, 15) is 0 Å². The fraction of sp³-hybridized carbons (Fsp3) is 0.0667. The van der Waals surface area contributed by atoms with E-state index in [1.807, 2.05) is 25.1 Å². The summed E-state index contributed by atoms with van der Waals surface area (Å²) < 4.78 is 0. The predicted octanol–water partition coefficient (Wildman–Crippen LogP) is 4.14. The van der Waals surface area contributed by atoms with Gasteiger partial charge < -0.3 is 5.32 Å². The first-order valence-corrected chi connectivity index (χ1v) is 5.33. The molecule has 0 aliphatic carbocycles. The summed E-state index contributed by atoms with van der Waals surface area (Å²) in [5.74, 6) is 0. The van der Waals surface area contributed by atoms with Crippen LogP contribution in [0.4, 0.5) is 5.69 Å². The molecule has 0 spiro atoms. The second-order valence-electron chi connectivity index (χ2n) is 3.67. The molecular formula is C15H15N. The van der Waals surface area contributed by atoms with Gasteiger partial charge in [0.25, 0.3) is 0 Å². The molecule has 1 aromatic rings. The highest BCUT2D eigenvalue weighted by Crippen LogP contribution is 2.37. The maximum absolute atomic E-state index is 4.16. The number of hydrogen-bond donors (Lipinski definition) is 1. The van der Waals surface area contributed by atoms with Crippen molar-refractivity contribution in [3.8, 4) is 0 Å². The Balaban J connectivity index is 2.59. The van der Waals surface area contributed by atoms with Gasteiger partial charge >= 0.3 is 0 Å². The van der Waals surface area contributed by atoms with E-state index >= 15 is 0 Å². The fourth-order valence-electron chi connectivity index (χ4n) is 1.95. The van der Waals surface area contributed by atoms with Crippen LogP contribution in [-0.2, 0) is 0 Å². The average molecular weight is 209 g/mol. The molecule has 1 aromatic carbocycles. The molecule has 16 heavy (non-hydrogen) atoms. The van der Waals surface area contributed by atoms with Crippen LogP contribution in [0.1, 0.15) is 12.5 Å². The van der Waals surface area contributed by atoms with Crippen molar-refractivity contribution in [1.29, 1.82) is 0 Å². The minimum atomic E-state index is 1.06. The molecule has 80 valence electrons. The van der Waals surface area contributed by atoms with Crippen molar-refractivity contribution in [2.45, 2.75) is 6.92 Å². The summed E-state index contributed by atoms with van der Waals surface area (Å²) in [6, 6.07) is 8.19. The molecular weight excluding hydrogens is 194 g/mol. The third-order valence-corrected chi connectivity index (χ3v) is 2.71. The zero-order chi connectivity index (χ0) is 11.5. The summed E-state index contributed by atoms with van der Waals surface area (Å²) in [5, 5.41) is 3.39. The van der Waals surface area contributed by atoms with Crippen LogP contribution in [-0.4, -0.2) is 0 Å². The Morgan fingerprint density at radius 3 is 2.69 bits per heavy atom. The van der Waals surface area contributed by atoms with Gasteiger partial charge in [-0.1, -0.05) is 43.5 Å². The molecule has 0 amide bonds. The van der Waals surface area contributed by atoms with Crippen LogP contribution in [0.25, 0.3) is 5.57 Å². The highest BCUT2D eigenvalue weighted by molar-refractivity contribution is 5.93. The van der Waals surface area contributed by atoms with Gasteiger partial charge in [-0.25, -0.2) is 0 Å². The first-order chi connectivity index (χ1) is 7.77. The summed E-state index contributed by atoms with van der Waals surface area (Å²) in [6.07, 6.45) is 5.82. The molecule has 0 aromatic heterocycles. The molecule has 1 aliphatic heterocycles. The molecule has 2 rings (SSSR count). The Morgan fingerprint density at radius 2 is 2.00 bits per heavy atom. The monoisotopic (exact) mass is 209 g/mol. The van der Waals surface area contributed by atoms with Crippen molar-refractivity contribution >= 4 is 11.3 Å². The molecule has 1 heterocycles. The number of anilines is 1. The van der Waals surface area contributed by atoms with Gasteiger partial charge in [-0.05, 0) is 24.6 Å². The molecule has 0 atom stereocenters. The van der Waals surface area contributed by atoms with Gasteiger partial charge in [-0.3, -0.25) is 0 Å². The second kappa shape index (κ2) is 4.23. The topological polar surface area (TPSA) is 12.0 Å². The number of fused-ring (bicyclic) bond motifs is 1.